The van der Waals surface area contributed by atoms with E-state index in [1.54, 1.807) is 0 Å². The van der Waals surface area contributed by atoms with Gasteiger partial charge in [-0.1, -0.05) is 0 Å². The molecule has 216 valence electrons. The Hall–Kier alpha value is -0.806. The third kappa shape index (κ3) is 16.8. The third-order valence-corrected chi connectivity index (χ3v) is 14.2. The topological polar surface area (TPSA) is 35.5 Å². The van der Waals surface area contributed by atoms with Crippen molar-refractivity contribution in [3.05, 3.63) is 0 Å². The van der Waals surface area contributed by atoms with E-state index in [2.05, 4.69) is 8.43 Å². The highest BCUT2D eigenvalue weighted by atomic mass is 31.1. The maximum absolute atomic E-state index is 12.8. The van der Waals surface area contributed by atoms with Gasteiger partial charge in [0, 0.05) is 4.57 Å². The molecule has 24 heteroatoms. The Morgan fingerprint density at radius 1 is 0.389 bits per heavy atom. The van der Waals surface area contributed by atoms with Crippen LogP contribution in [0.25, 0.3) is 0 Å². The van der Waals surface area contributed by atoms with Crippen LogP contribution in [0.15, 0.2) is 0 Å². The molecule has 0 atom stereocenters. The average Bonchev–Trinajstić information content (AvgIpc) is 2.31. The van der Waals surface area contributed by atoms with Crippen molar-refractivity contribution in [2.45, 2.75) is 73.3 Å². The van der Waals surface area contributed by atoms with Gasteiger partial charge in [-0.05, 0) is 0 Å². The van der Waals surface area contributed by atoms with Crippen LogP contribution in [0.1, 0.15) is 0 Å². The Morgan fingerprint density at radius 3 is 0.639 bits per heavy atom. The molecule has 3 nitrogen and oxygen atoms in total. The van der Waals surface area contributed by atoms with Crippen molar-refractivity contribution in [1.82, 2.24) is 0 Å². The van der Waals surface area contributed by atoms with E-state index in [-0.39, 0.29) is 0 Å². The molecule has 0 aliphatic carbocycles. The summed E-state index contributed by atoms with van der Waals surface area (Å²) in [7, 11) is -18.5. The smallest absolute Gasteiger partial charge is 0.175 e. The first-order chi connectivity index (χ1) is 15.3. The van der Waals surface area contributed by atoms with Crippen molar-refractivity contribution >= 4 is 24.9 Å². The van der Waals surface area contributed by atoms with Gasteiger partial charge < -0.3 is 0 Å². The molecule has 0 aliphatic heterocycles. The van der Waals surface area contributed by atoms with Gasteiger partial charge in [0.25, 0.3) is 16.6 Å². The number of halogens is 18. The first-order valence-corrected chi connectivity index (χ1v) is 14.8. The highest BCUT2D eigenvalue weighted by molar-refractivity contribution is 7.38. The van der Waals surface area contributed by atoms with Crippen LogP contribution in [0.3, 0.4) is 0 Å². The van der Waals surface area contributed by atoms with E-state index in [4.69, 9.17) is 0 Å². The van der Waals surface area contributed by atoms with Crippen LogP contribution < -0.4 is 0 Å². The lowest BCUT2D eigenvalue weighted by molar-refractivity contribution is -0.132. The van der Waals surface area contributed by atoms with Gasteiger partial charge in [-0.25, -0.2) is 0 Å². The first-order valence-electron chi connectivity index (χ1n) is 8.60. The molecule has 0 saturated carbocycles. The predicted molar refractivity (Wildman–Crippen MR) is 86.5 cm³/mol. The molecule has 0 fully saturated rings. The van der Waals surface area contributed by atoms with Gasteiger partial charge in [-0.2, -0.15) is 87.5 Å². The highest BCUT2D eigenvalue weighted by Crippen LogP contribution is 2.52. The van der Waals surface area contributed by atoms with Gasteiger partial charge in [0.05, 0.1) is 36.3 Å². The Balaban J connectivity index is 6.64. The van der Waals surface area contributed by atoms with Gasteiger partial charge in [0.1, 0.15) is 0 Å². The summed E-state index contributed by atoms with van der Waals surface area (Å²) in [6, 6.07) is -18.7. The zero-order chi connectivity index (χ0) is 29.2. The highest BCUT2D eigenvalue weighted by Gasteiger charge is 2.66. The molecule has 36 heavy (non-hydrogen) atoms. The summed E-state index contributed by atoms with van der Waals surface area (Å²) < 4.78 is 250. The lowest BCUT2D eigenvalue weighted by Gasteiger charge is -2.30. The average molecular weight is 633 g/mol. The van der Waals surface area contributed by atoms with Crippen LogP contribution in [0, 0.1) is 0 Å². The lowest BCUT2D eigenvalue weighted by atomic mass is 10.7. The van der Waals surface area contributed by atoms with Crippen LogP contribution in [0.5, 0.6) is 0 Å². The molecule has 0 bridgehead atoms. The molecule has 0 heterocycles. The molecule has 0 unspecified atom stereocenters. The normalized spacial score (nSPS) is 15.4. The van der Waals surface area contributed by atoms with Crippen LogP contribution in [0.2, 0.25) is 36.3 Å². The molecule has 0 aliphatic rings. The van der Waals surface area contributed by atoms with Crippen molar-refractivity contribution in [1.29, 1.82) is 0 Å². The van der Waals surface area contributed by atoms with Gasteiger partial charge in [-0.15, -0.1) is 0 Å². The summed E-state index contributed by atoms with van der Waals surface area (Å²) in [5.41, 5.74) is 0. The van der Waals surface area contributed by atoms with E-state index in [1.807, 2.05) is 0 Å². The van der Waals surface area contributed by atoms with Crippen molar-refractivity contribution in [3.63, 3.8) is 0 Å². The van der Waals surface area contributed by atoms with E-state index in [1.165, 1.54) is 0 Å². The Morgan fingerprint density at radius 2 is 0.528 bits per heavy atom. The summed E-state index contributed by atoms with van der Waals surface area (Å²) >= 11 is 0. The van der Waals surface area contributed by atoms with Crippen molar-refractivity contribution in [2.24, 2.45) is 0 Å². The SMILES string of the molecule is O=[P+](O[Si](CC(F)(F)F)(CC(F)(F)F)CC(F)(F)F)O[Si](CC(F)(F)F)(CC(F)(F)F)CC(F)(F)F. The molecular weight excluding hydrogens is 621 g/mol. The number of hydrogen-bond donors (Lipinski definition) is 0. The molecule has 0 aromatic carbocycles. The summed E-state index contributed by atoms with van der Waals surface area (Å²) in [5, 5.41) is 0. The molecule has 0 amide bonds. The zero-order valence-electron chi connectivity index (χ0n) is 16.7. The Bertz CT molecular complexity index is 593. The minimum atomic E-state index is -6.65. The quantitative estimate of drug-likeness (QED) is 0.137. The number of hydrogen-bond acceptors (Lipinski definition) is 3. The number of rotatable bonds is 10. The molecule has 0 saturated heterocycles. The zero-order valence-corrected chi connectivity index (χ0v) is 19.6. The Kier molecular flexibility index (Phi) is 10.9. The van der Waals surface area contributed by atoms with E-state index in [0.29, 0.717) is 0 Å². The molecule has 0 spiro atoms. The van der Waals surface area contributed by atoms with Crippen molar-refractivity contribution in [3.8, 4) is 0 Å². The summed E-state index contributed by atoms with van der Waals surface area (Å²) in [6.07, 6.45) is -35.6. The molecule has 0 radical (unpaired) electrons. The maximum Gasteiger partial charge on any atom is 0.673 e. The minimum absolute atomic E-state index is 3.12. The van der Waals surface area contributed by atoms with Gasteiger partial charge in [0.15, 0.2) is 0 Å². The van der Waals surface area contributed by atoms with Gasteiger partial charge in [-0.3, -0.25) is 0 Å². The van der Waals surface area contributed by atoms with Gasteiger partial charge in [0.2, 0.25) is 0 Å². The van der Waals surface area contributed by atoms with Crippen LogP contribution >= 0.6 is 8.25 Å². The fraction of sp³-hybridized carbons (Fsp3) is 1.00. The van der Waals surface area contributed by atoms with Gasteiger partial charge >= 0.3 is 45.3 Å². The van der Waals surface area contributed by atoms with Crippen molar-refractivity contribution in [2.75, 3.05) is 0 Å². The predicted octanol–water partition coefficient (Wildman–Crippen LogP) is 8.94. The molecule has 0 aromatic rings. The fourth-order valence-electron chi connectivity index (χ4n) is 3.10. The summed E-state index contributed by atoms with van der Waals surface area (Å²) in [4.78, 5) is 0. The third-order valence-electron chi connectivity index (χ3n) is 3.67. The first kappa shape index (κ1) is 35.2. The molecule has 0 N–H and O–H groups in total. The van der Waals surface area contributed by atoms with Crippen LogP contribution in [-0.4, -0.2) is 53.7 Å². The second-order valence-corrected chi connectivity index (χ2v) is 16.3. The van der Waals surface area contributed by atoms with E-state index in [0.717, 1.165) is 0 Å². The minimum Gasteiger partial charge on any atom is -0.175 e. The number of alkyl halides is 18. The fourth-order valence-corrected chi connectivity index (χ4v) is 12.8. The molecule has 0 rings (SSSR count). The van der Waals surface area contributed by atoms with Crippen LogP contribution in [-0.2, 0) is 13.0 Å². The molecule has 0 aromatic heterocycles. The Labute approximate surface area is 191 Å². The van der Waals surface area contributed by atoms with Crippen molar-refractivity contribution < 1.29 is 92.0 Å². The van der Waals surface area contributed by atoms with E-state index >= 15 is 0 Å². The van der Waals surface area contributed by atoms with Crippen LogP contribution in [0.4, 0.5) is 79.0 Å². The standard InChI is InChI=1S/C12H12F18O3PSi2/c13-7(14,15)1-35(2-8(16,17)18,3-9(19,20)21)32-34(31)33-36(4-10(22,23)24,5-11(25,26)27)6-12(28,29)30/h1-6H2/q+1. The maximum atomic E-state index is 12.8. The van der Waals surface area contributed by atoms with E-state index < -0.39 is 98.2 Å². The second kappa shape index (κ2) is 11.1. The largest absolute Gasteiger partial charge is 0.673 e. The molecular formula is C12H12F18O3PSi2+. The lowest BCUT2D eigenvalue weighted by Crippen LogP contribution is -2.50. The van der Waals surface area contributed by atoms with E-state index in [9.17, 15) is 83.6 Å². The second-order valence-electron chi connectivity index (χ2n) is 7.52. The monoisotopic (exact) mass is 633 g/mol. The summed E-state index contributed by atoms with van der Waals surface area (Å²) in [6.45, 7) is 0. The summed E-state index contributed by atoms with van der Waals surface area (Å²) in [5.74, 6) is 0.